The third kappa shape index (κ3) is 17.9. The Labute approximate surface area is 642 Å². The summed E-state index contributed by atoms with van der Waals surface area (Å²) in [5, 5.41) is 0. The minimum Gasteiger partial charge on any atom is -0.497 e. The normalized spacial score (nSPS) is 30.2. The molecule has 15 saturated heterocycles. The van der Waals surface area contributed by atoms with E-state index in [1.165, 1.54) is 22.3 Å². The van der Waals surface area contributed by atoms with Crippen molar-refractivity contribution in [1.82, 2.24) is 0 Å². The highest BCUT2D eigenvalue weighted by atomic mass is 31.2. The van der Waals surface area contributed by atoms with E-state index >= 15 is 0 Å². The highest BCUT2D eigenvalue weighted by molar-refractivity contribution is 7.49. The molecule has 0 aliphatic carbocycles. The Morgan fingerprint density at radius 2 is 0.667 bits per heavy atom. The number of phosphoric ester groups is 5. The molecule has 0 radical (unpaired) electrons. The predicted molar refractivity (Wildman–Crippen MR) is 404 cm³/mol. The minimum atomic E-state index is -3.43. The number of ketones is 4. The number of fused-ring (bicyclic) bond motifs is 15. The predicted octanol–water partition coefficient (Wildman–Crippen LogP) is 16.3. The molecule has 0 amide bonds. The number of ether oxygens (including phenoxy) is 2. The number of Topliss-reactive ketones (excluding diaryl/α,β-unsaturated/α-hetero) is 4. The van der Waals surface area contributed by atoms with Gasteiger partial charge in [0.15, 0.2) is 17.2 Å². The topological polar surface area (TPSA) is 311 Å². The number of rotatable bonds is 17. The van der Waals surface area contributed by atoms with Crippen molar-refractivity contribution in [3.63, 3.8) is 0 Å². The van der Waals surface area contributed by atoms with Crippen molar-refractivity contribution in [2.75, 3.05) is 106 Å². The first-order valence-corrected chi connectivity index (χ1v) is 43.1. The number of hydrogen-bond donors (Lipinski definition) is 0. The molecular formula is C80H83O26P5. The molecule has 23 rings (SSSR count). The van der Waals surface area contributed by atoms with Crippen molar-refractivity contribution in [3.8, 4) is 33.8 Å². The second-order valence-electron chi connectivity index (χ2n) is 29.3. The van der Waals surface area contributed by atoms with Gasteiger partial charge in [0, 0.05) is 29.4 Å². The van der Waals surface area contributed by atoms with E-state index in [9.17, 15) is 42.0 Å². The van der Waals surface area contributed by atoms with Crippen LogP contribution >= 0.6 is 39.1 Å². The lowest BCUT2D eigenvalue weighted by Gasteiger charge is -2.43. The maximum Gasteiger partial charge on any atom is 0.475 e. The number of carbonyl (C=O) groups excluding carboxylic acids is 4. The lowest BCUT2D eigenvalue weighted by Crippen LogP contribution is -2.55. The van der Waals surface area contributed by atoms with E-state index in [-0.39, 0.29) is 134 Å². The molecule has 8 aromatic carbocycles. The monoisotopic (exact) mass is 1610 g/mol. The first-order valence-electron chi connectivity index (χ1n) is 35.8. The summed E-state index contributed by atoms with van der Waals surface area (Å²) in [5.41, 5.74) is 7.61. The summed E-state index contributed by atoms with van der Waals surface area (Å²) in [4.78, 5) is 50.8. The van der Waals surface area contributed by atoms with Crippen LogP contribution in [0, 0.1) is 35.5 Å². The summed E-state index contributed by atoms with van der Waals surface area (Å²) in [5.74, 6) is 1.20. The van der Waals surface area contributed by atoms with Gasteiger partial charge in [-0.15, -0.1) is 0 Å². The highest BCUT2D eigenvalue weighted by Gasteiger charge is 2.59. The number of hydrogen-bond acceptors (Lipinski definition) is 26. The zero-order valence-electron chi connectivity index (χ0n) is 61.5. The highest BCUT2D eigenvalue weighted by Crippen LogP contribution is 2.64. The Kier molecular flexibility index (Phi) is 23.5. The molecule has 111 heavy (non-hydrogen) atoms. The van der Waals surface area contributed by atoms with Crippen LogP contribution in [0.5, 0.6) is 11.5 Å². The smallest absolute Gasteiger partial charge is 0.475 e. The molecule has 15 aliphatic heterocycles. The maximum absolute atomic E-state index is 13.2. The van der Waals surface area contributed by atoms with Crippen LogP contribution < -0.4 is 9.47 Å². The molecule has 15 aliphatic rings. The van der Waals surface area contributed by atoms with E-state index in [4.69, 9.17) is 77.3 Å². The number of phosphoric acid groups is 5. The van der Waals surface area contributed by atoms with Gasteiger partial charge in [0.1, 0.15) is 64.5 Å². The van der Waals surface area contributed by atoms with Crippen molar-refractivity contribution in [2.24, 2.45) is 21.7 Å². The zero-order valence-corrected chi connectivity index (χ0v) is 66.0. The molecule has 0 N–H and O–H groups in total. The van der Waals surface area contributed by atoms with Crippen LogP contribution in [0.25, 0.3) is 22.3 Å². The summed E-state index contributed by atoms with van der Waals surface area (Å²) in [7, 11) is -15.3. The summed E-state index contributed by atoms with van der Waals surface area (Å²) in [6.07, 6.45) is 0.561. The first kappa shape index (κ1) is 80.2. The Morgan fingerprint density at radius 3 is 1.06 bits per heavy atom. The quantitative estimate of drug-likeness (QED) is 0.0604. The third-order valence-electron chi connectivity index (χ3n) is 20.7. The van der Waals surface area contributed by atoms with Gasteiger partial charge in [0.25, 0.3) is 0 Å². The van der Waals surface area contributed by atoms with E-state index in [0.717, 1.165) is 39.1 Å². The van der Waals surface area contributed by atoms with Crippen LogP contribution in [0.3, 0.4) is 0 Å². The summed E-state index contributed by atoms with van der Waals surface area (Å²) >= 11 is 0. The molecule has 8 aromatic rings. The number of aryl methyl sites for hydroxylation is 2. The van der Waals surface area contributed by atoms with Crippen LogP contribution in [-0.2, 0) is 119 Å². The maximum atomic E-state index is 13.2. The van der Waals surface area contributed by atoms with Gasteiger partial charge in [0.05, 0.1) is 86.4 Å². The molecule has 0 aromatic heterocycles. The van der Waals surface area contributed by atoms with Crippen LogP contribution in [0.2, 0.25) is 0 Å². The van der Waals surface area contributed by atoms with Gasteiger partial charge in [-0.1, -0.05) is 201 Å². The van der Waals surface area contributed by atoms with Crippen molar-refractivity contribution in [2.45, 2.75) is 51.6 Å². The van der Waals surface area contributed by atoms with Gasteiger partial charge in [-0.25, -0.2) is 22.8 Å². The van der Waals surface area contributed by atoms with Gasteiger partial charge in [-0.2, -0.15) is 0 Å². The van der Waals surface area contributed by atoms with E-state index in [0.29, 0.717) is 23.3 Å². The molecular weight excluding hydrogens is 1530 g/mol. The van der Waals surface area contributed by atoms with Gasteiger partial charge < -0.3 is 9.47 Å². The largest absolute Gasteiger partial charge is 0.497 e. The first-order chi connectivity index (χ1) is 53.1. The van der Waals surface area contributed by atoms with Gasteiger partial charge in [0.2, 0.25) is 0 Å². The molecule has 31 heteroatoms. The molecule has 0 spiro atoms. The number of methoxy groups -OCH3 is 1. The standard InChI is InChI=1S/C20H21O5P.C18H17O5P.C17H17O5P.C13H15O6P.C12H13O5P/c1-19(2,16-8-4-3-5-9-16)17-10-6-7-15(11-17)18(21)20-12-23-26(22,24-13-20)25-14-20;1-13-3-2-4-16(9-13)14-5-7-15(8-6-14)17(19)18-10-21-24(20,22-11-18)23-12-18;1-13-3-2-4-15(9-13)14-5-7-16(8-6-14)22-17-10-19-23(18,20-11-17)21-12-17;1-16-11-4-2-10(3-5-11)6-12(14)13-7-17-20(15,18-8-13)19-9-13;13-11(6-10-4-2-1-3-5-10)12-7-15-18(14,16-8-12)17-9-12/h3-11H,12-14H2,1-2H3;2-9H,10-12H2,1H3;2-9H,10-12H2,1H3;2-5H,6-9H2,1H3;1-5H,6-9H2. The molecule has 15 heterocycles. The Morgan fingerprint density at radius 1 is 0.333 bits per heavy atom. The van der Waals surface area contributed by atoms with Crippen molar-refractivity contribution >= 4 is 62.2 Å². The van der Waals surface area contributed by atoms with Crippen LogP contribution in [-0.4, -0.2) is 135 Å². The van der Waals surface area contributed by atoms with Crippen LogP contribution in [0.4, 0.5) is 0 Å². The number of benzene rings is 8. The fourth-order valence-electron chi connectivity index (χ4n) is 13.4. The van der Waals surface area contributed by atoms with E-state index < -0.39 is 66.4 Å². The van der Waals surface area contributed by atoms with E-state index in [1.54, 1.807) is 37.4 Å². The Bertz CT molecular complexity index is 4860. The fraction of sp³-hybridized carbons (Fsp3) is 0.350. The average Bonchev–Trinajstić information content (AvgIpc) is 0.745. The van der Waals surface area contributed by atoms with Gasteiger partial charge in [-0.05, 0) is 88.7 Å². The lowest BCUT2D eigenvalue weighted by molar-refractivity contribution is -0.150. The molecule has 0 atom stereocenters. The summed E-state index contributed by atoms with van der Waals surface area (Å²) < 4.78 is 146. The SMILES string of the molecule is CC(C)(c1ccccc1)c1cccc(C(=O)C23COP(=O)(OC2)OC3)c1.COc1ccc(CC(=O)C23COP(=O)(OC2)OC3)cc1.Cc1cccc(-c2ccc(C(=O)C34COP(=O)(OC3)OC4)cc2)c1.Cc1cccc(-c2ccc(OC34COP(=O)(OC3)OC4)cc2)c1.O=C(Cc1ccccc1)C12COP(=O)(OC1)OC2. The molecule has 0 saturated carbocycles. The van der Waals surface area contributed by atoms with E-state index in [2.05, 4.69) is 57.2 Å². The number of carbonyl (C=O) groups is 4. The van der Waals surface area contributed by atoms with Crippen LogP contribution in [0.1, 0.15) is 67.9 Å². The zero-order chi connectivity index (χ0) is 78.0. The van der Waals surface area contributed by atoms with E-state index in [1.807, 2.05) is 146 Å². The Hall–Kier alpha value is -7.41. The van der Waals surface area contributed by atoms with Crippen molar-refractivity contribution in [1.29, 1.82) is 0 Å². The summed E-state index contributed by atoms with van der Waals surface area (Å²) in [6.45, 7) is 10.1. The summed E-state index contributed by atoms with van der Waals surface area (Å²) in [6, 6.07) is 66.4. The molecule has 0 unspecified atom stereocenters. The lowest BCUT2D eigenvalue weighted by atomic mass is 9.76. The second-order valence-corrected chi connectivity index (χ2v) is 37.7. The van der Waals surface area contributed by atoms with Crippen molar-refractivity contribution in [3.05, 3.63) is 251 Å². The third-order valence-corrected chi connectivity index (χ3v) is 27.4. The Balaban J connectivity index is 0.000000116. The fourth-order valence-corrected chi connectivity index (χ4v) is 20.5. The second kappa shape index (κ2) is 32.5. The van der Waals surface area contributed by atoms with Crippen LogP contribution in [0.15, 0.2) is 206 Å². The molecule has 10 bridgehead atoms. The molecule has 15 fully saturated rings. The van der Waals surface area contributed by atoms with Gasteiger partial charge >= 0.3 is 39.1 Å². The minimum absolute atomic E-state index is 0.000324. The molecule has 26 nitrogen and oxygen atoms in total. The average molecular weight is 1620 g/mol. The van der Waals surface area contributed by atoms with Crippen molar-refractivity contribution < 1.29 is 119 Å². The van der Waals surface area contributed by atoms with Gasteiger partial charge in [-0.3, -0.25) is 87.0 Å². The molecule has 584 valence electrons.